The van der Waals surface area contributed by atoms with Crippen LogP contribution in [0.25, 0.3) is 33.1 Å². The zero-order chi connectivity index (χ0) is 16.5. The van der Waals surface area contributed by atoms with Gasteiger partial charge < -0.3 is 4.74 Å². The predicted octanol–water partition coefficient (Wildman–Crippen LogP) is 4.14. The van der Waals surface area contributed by atoms with Gasteiger partial charge in [-0.2, -0.15) is 5.10 Å². The molecule has 5 heteroatoms. The number of aromatic nitrogens is 3. The van der Waals surface area contributed by atoms with Crippen molar-refractivity contribution in [2.24, 2.45) is 0 Å². The van der Waals surface area contributed by atoms with Gasteiger partial charge in [-0.3, -0.25) is 15.5 Å². The van der Waals surface area contributed by atoms with E-state index in [1.807, 2.05) is 55.6 Å². The Balaban J connectivity index is 1.85. The van der Waals surface area contributed by atoms with E-state index in [2.05, 4.69) is 21.2 Å². The molecular weight excluding hydrogens is 300 g/mol. The van der Waals surface area contributed by atoms with Gasteiger partial charge in [-0.25, -0.2) is 0 Å². The summed E-state index contributed by atoms with van der Waals surface area (Å²) < 4.78 is 5.29. The second kappa shape index (κ2) is 5.77. The highest BCUT2D eigenvalue weighted by molar-refractivity contribution is 6.00. The summed E-state index contributed by atoms with van der Waals surface area (Å²) in [6.45, 7) is 2.34. The van der Waals surface area contributed by atoms with E-state index >= 15 is 0 Å². The number of hydrogen-bond donors (Lipinski definition) is 2. The van der Waals surface area contributed by atoms with E-state index < -0.39 is 0 Å². The zero-order valence-electron chi connectivity index (χ0n) is 13.2. The lowest BCUT2D eigenvalue weighted by Crippen LogP contribution is -2.04. The number of fused-ring (bicyclic) bond motifs is 2. The van der Waals surface area contributed by atoms with Crippen molar-refractivity contribution < 1.29 is 4.74 Å². The van der Waals surface area contributed by atoms with Crippen LogP contribution in [-0.2, 0) is 4.74 Å². The summed E-state index contributed by atoms with van der Waals surface area (Å²) in [6, 6.07) is 15.8. The minimum Gasteiger partial charge on any atom is -0.478 e. The van der Waals surface area contributed by atoms with E-state index in [1.165, 1.54) is 0 Å². The summed E-state index contributed by atoms with van der Waals surface area (Å²) in [5, 5.41) is 18.6. The van der Waals surface area contributed by atoms with Gasteiger partial charge in [0.15, 0.2) is 0 Å². The van der Waals surface area contributed by atoms with E-state index in [9.17, 15) is 0 Å². The highest BCUT2D eigenvalue weighted by atomic mass is 16.5. The monoisotopic (exact) mass is 316 g/mol. The highest BCUT2D eigenvalue weighted by Crippen LogP contribution is 2.28. The Kier molecular flexibility index (Phi) is 3.46. The number of nitrogens with one attached hydrogen (secondary N) is 2. The summed E-state index contributed by atoms with van der Waals surface area (Å²) in [6.07, 6.45) is 1.86. The number of pyridine rings is 1. The van der Waals surface area contributed by atoms with Crippen LogP contribution in [0.15, 0.2) is 54.7 Å². The van der Waals surface area contributed by atoms with Crippen LogP contribution in [-0.4, -0.2) is 27.7 Å². The van der Waals surface area contributed by atoms with Crippen LogP contribution in [0.5, 0.6) is 0 Å². The van der Waals surface area contributed by atoms with Crippen LogP contribution in [0.3, 0.4) is 0 Å². The van der Waals surface area contributed by atoms with Gasteiger partial charge in [-0.15, -0.1) is 0 Å². The standard InChI is InChI=1S/C19H16N4O/c1-2-24-19(20)13-7-8-16-15(9-13)18(23-22-16)17-10-12-5-3-4-6-14(12)11-21-17/h3-11,20H,2H2,1H3,(H,22,23). The first-order valence-corrected chi connectivity index (χ1v) is 7.81. The van der Waals surface area contributed by atoms with Crippen molar-refractivity contribution in [1.29, 1.82) is 5.41 Å². The van der Waals surface area contributed by atoms with Gasteiger partial charge >= 0.3 is 0 Å². The molecule has 0 aliphatic heterocycles. The Morgan fingerprint density at radius 3 is 2.79 bits per heavy atom. The van der Waals surface area contributed by atoms with Crippen molar-refractivity contribution in [3.05, 3.63) is 60.3 Å². The molecule has 118 valence electrons. The molecule has 5 nitrogen and oxygen atoms in total. The molecule has 2 aromatic heterocycles. The van der Waals surface area contributed by atoms with E-state index in [0.717, 1.165) is 38.6 Å². The van der Waals surface area contributed by atoms with Crippen LogP contribution < -0.4 is 0 Å². The number of nitrogens with zero attached hydrogens (tertiary/aromatic N) is 2. The molecule has 0 spiro atoms. The fraction of sp³-hybridized carbons (Fsp3) is 0.105. The molecular formula is C19H16N4O. The second-order valence-electron chi connectivity index (χ2n) is 5.51. The topological polar surface area (TPSA) is 74.7 Å². The summed E-state index contributed by atoms with van der Waals surface area (Å²) in [5.41, 5.74) is 3.22. The van der Waals surface area contributed by atoms with Gasteiger partial charge in [-0.05, 0) is 36.6 Å². The fourth-order valence-corrected chi connectivity index (χ4v) is 2.79. The number of hydrogen-bond acceptors (Lipinski definition) is 4. The fourth-order valence-electron chi connectivity index (χ4n) is 2.79. The van der Waals surface area contributed by atoms with E-state index in [1.54, 1.807) is 0 Å². The van der Waals surface area contributed by atoms with Gasteiger partial charge in [-0.1, -0.05) is 24.3 Å². The number of benzene rings is 2. The molecule has 0 unspecified atom stereocenters. The summed E-state index contributed by atoms with van der Waals surface area (Å²) >= 11 is 0. The average molecular weight is 316 g/mol. The Bertz CT molecular complexity index is 1050. The van der Waals surface area contributed by atoms with Crippen molar-refractivity contribution in [2.75, 3.05) is 6.61 Å². The molecule has 0 fully saturated rings. The summed E-state index contributed by atoms with van der Waals surface area (Å²) in [7, 11) is 0. The van der Waals surface area contributed by atoms with Gasteiger partial charge in [0.05, 0.1) is 17.8 Å². The first-order valence-electron chi connectivity index (χ1n) is 7.81. The number of ether oxygens (including phenoxy) is 1. The minimum absolute atomic E-state index is 0.165. The second-order valence-corrected chi connectivity index (χ2v) is 5.51. The third-order valence-electron chi connectivity index (χ3n) is 3.99. The molecule has 2 heterocycles. The van der Waals surface area contributed by atoms with E-state index in [-0.39, 0.29) is 5.90 Å². The Hall–Kier alpha value is -3.21. The van der Waals surface area contributed by atoms with Crippen LogP contribution in [0.2, 0.25) is 0 Å². The molecule has 0 aliphatic carbocycles. The number of H-pyrrole nitrogens is 1. The van der Waals surface area contributed by atoms with E-state index in [0.29, 0.717) is 6.61 Å². The van der Waals surface area contributed by atoms with Crippen molar-refractivity contribution in [1.82, 2.24) is 15.2 Å². The smallest absolute Gasteiger partial charge is 0.213 e. The molecule has 4 aromatic rings. The first-order chi connectivity index (χ1) is 11.8. The summed E-state index contributed by atoms with van der Waals surface area (Å²) in [5.74, 6) is 0.165. The molecule has 0 saturated carbocycles. The molecule has 4 rings (SSSR count). The average Bonchev–Trinajstić information content (AvgIpc) is 3.04. The molecule has 2 N–H and O–H groups in total. The molecule has 0 amide bonds. The maximum atomic E-state index is 7.97. The molecule has 0 atom stereocenters. The molecule has 2 aromatic carbocycles. The summed E-state index contributed by atoms with van der Waals surface area (Å²) in [4.78, 5) is 4.54. The van der Waals surface area contributed by atoms with Crippen LogP contribution >= 0.6 is 0 Å². The minimum atomic E-state index is 0.165. The highest BCUT2D eigenvalue weighted by Gasteiger charge is 2.12. The first kappa shape index (κ1) is 14.4. The maximum absolute atomic E-state index is 7.97. The van der Waals surface area contributed by atoms with Crippen LogP contribution in [0.1, 0.15) is 12.5 Å². The molecule has 0 radical (unpaired) electrons. The maximum Gasteiger partial charge on any atom is 0.213 e. The quantitative estimate of drug-likeness (QED) is 0.440. The lowest BCUT2D eigenvalue weighted by molar-refractivity contribution is 0.325. The Morgan fingerprint density at radius 1 is 1.12 bits per heavy atom. The SMILES string of the molecule is CCOC(=N)c1ccc2[nH]nc(-c3cc4ccccc4cn3)c2c1. The molecule has 0 aliphatic rings. The van der Waals surface area contributed by atoms with Crippen molar-refractivity contribution >= 4 is 27.6 Å². The third-order valence-corrected chi connectivity index (χ3v) is 3.99. The number of aromatic amines is 1. The predicted molar refractivity (Wildman–Crippen MR) is 95.3 cm³/mol. The lowest BCUT2D eigenvalue weighted by Gasteiger charge is -2.05. The zero-order valence-corrected chi connectivity index (χ0v) is 13.2. The van der Waals surface area contributed by atoms with Crippen molar-refractivity contribution in [3.8, 4) is 11.4 Å². The van der Waals surface area contributed by atoms with Gasteiger partial charge in [0.1, 0.15) is 5.69 Å². The Labute approximate surface area is 138 Å². The Morgan fingerprint density at radius 2 is 1.96 bits per heavy atom. The number of rotatable bonds is 3. The molecule has 0 saturated heterocycles. The van der Waals surface area contributed by atoms with E-state index in [4.69, 9.17) is 10.1 Å². The third kappa shape index (κ3) is 2.40. The lowest BCUT2D eigenvalue weighted by atomic mass is 10.1. The van der Waals surface area contributed by atoms with Gasteiger partial charge in [0, 0.05) is 22.5 Å². The molecule has 24 heavy (non-hydrogen) atoms. The van der Waals surface area contributed by atoms with Gasteiger partial charge in [0.2, 0.25) is 5.90 Å². The normalized spacial score (nSPS) is 11.0. The molecule has 0 bridgehead atoms. The van der Waals surface area contributed by atoms with Crippen molar-refractivity contribution in [3.63, 3.8) is 0 Å². The van der Waals surface area contributed by atoms with Crippen LogP contribution in [0, 0.1) is 5.41 Å². The van der Waals surface area contributed by atoms with Crippen LogP contribution in [0.4, 0.5) is 0 Å². The van der Waals surface area contributed by atoms with Crippen molar-refractivity contribution in [2.45, 2.75) is 6.92 Å². The largest absolute Gasteiger partial charge is 0.478 e. The van der Waals surface area contributed by atoms with Gasteiger partial charge in [0.25, 0.3) is 0 Å².